The molecule has 4 heteroatoms. The second-order valence-corrected chi connectivity index (χ2v) is 8.05. The van der Waals surface area contributed by atoms with Crippen molar-refractivity contribution in [2.24, 2.45) is 0 Å². The van der Waals surface area contributed by atoms with Crippen LogP contribution in [0.4, 0.5) is 0 Å². The number of hydrogen-bond donors (Lipinski definition) is 1. The predicted molar refractivity (Wildman–Crippen MR) is 79.2 cm³/mol. The molecule has 2 nitrogen and oxygen atoms in total. The molecular formula is C13H18INOS. The van der Waals surface area contributed by atoms with Crippen molar-refractivity contribution in [3.63, 3.8) is 0 Å². The molecule has 2 aliphatic rings. The van der Waals surface area contributed by atoms with E-state index in [0.29, 0.717) is 12.1 Å². The molecular weight excluding hydrogens is 345 g/mol. The Kier molecular flexibility index (Phi) is 4.04. The van der Waals surface area contributed by atoms with Crippen LogP contribution in [0, 0.1) is 2.88 Å². The molecule has 1 aromatic rings. The molecule has 1 N–H and O–H groups in total. The van der Waals surface area contributed by atoms with E-state index in [0.717, 1.165) is 0 Å². The number of hydrogen-bond acceptors (Lipinski definition) is 3. The van der Waals surface area contributed by atoms with E-state index in [9.17, 15) is 0 Å². The standard InChI is InChI=1S/C13H18INOS/c14-13-8-10-11(6-3-7-12(10)17-13)15-16-9-4-1-2-5-9/h8-9,11,15H,1-7H2. The zero-order valence-electron chi connectivity index (χ0n) is 9.88. The maximum Gasteiger partial charge on any atom is 0.0790 e. The first-order chi connectivity index (χ1) is 8.33. The van der Waals surface area contributed by atoms with Crippen LogP contribution in [0.3, 0.4) is 0 Å². The van der Waals surface area contributed by atoms with E-state index in [-0.39, 0.29) is 0 Å². The van der Waals surface area contributed by atoms with Gasteiger partial charge in [0, 0.05) is 4.88 Å². The molecule has 17 heavy (non-hydrogen) atoms. The Hall–Kier alpha value is 0.350. The molecule has 0 amide bonds. The minimum atomic E-state index is 0.430. The number of fused-ring (bicyclic) bond motifs is 1. The molecule has 1 atom stereocenters. The van der Waals surface area contributed by atoms with Gasteiger partial charge in [0.05, 0.1) is 15.0 Å². The van der Waals surface area contributed by atoms with Crippen molar-refractivity contribution in [1.29, 1.82) is 0 Å². The van der Waals surface area contributed by atoms with Crippen molar-refractivity contribution in [3.8, 4) is 0 Å². The van der Waals surface area contributed by atoms with Crippen molar-refractivity contribution in [2.75, 3.05) is 0 Å². The number of halogens is 1. The summed E-state index contributed by atoms with van der Waals surface area (Å²) >= 11 is 4.37. The van der Waals surface area contributed by atoms with E-state index in [4.69, 9.17) is 4.84 Å². The molecule has 1 saturated carbocycles. The summed E-state index contributed by atoms with van der Waals surface area (Å²) in [6, 6.07) is 2.76. The van der Waals surface area contributed by atoms with Crippen molar-refractivity contribution in [3.05, 3.63) is 19.4 Å². The maximum atomic E-state index is 5.86. The number of nitrogens with one attached hydrogen (secondary N) is 1. The zero-order chi connectivity index (χ0) is 11.7. The smallest absolute Gasteiger partial charge is 0.0790 e. The van der Waals surface area contributed by atoms with E-state index in [1.54, 1.807) is 4.88 Å². The van der Waals surface area contributed by atoms with Gasteiger partial charge in [0.25, 0.3) is 0 Å². The molecule has 0 saturated heterocycles. The predicted octanol–water partition coefficient (Wildman–Crippen LogP) is 4.19. The van der Waals surface area contributed by atoms with E-state index in [1.165, 1.54) is 53.4 Å². The largest absolute Gasteiger partial charge is 0.298 e. The third kappa shape index (κ3) is 2.85. The van der Waals surface area contributed by atoms with Crippen LogP contribution in [-0.2, 0) is 11.3 Å². The van der Waals surface area contributed by atoms with Gasteiger partial charge in [0.15, 0.2) is 0 Å². The van der Waals surface area contributed by atoms with Crippen molar-refractivity contribution >= 4 is 33.9 Å². The summed E-state index contributed by atoms with van der Waals surface area (Å²) in [6.07, 6.45) is 9.34. The second kappa shape index (κ2) is 5.55. The fourth-order valence-corrected chi connectivity index (χ4v) is 4.95. The molecule has 2 aliphatic carbocycles. The van der Waals surface area contributed by atoms with Crippen LogP contribution in [0.1, 0.15) is 55.0 Å². The average molecular weight is 363 g/mol. The van der Waals surface area contributed by atoms with Gasteiger partial charge in [-0.1, -0.05) is 12.8 Å². The monoisotopic (exact) mass is 363 g/mol. The topological polar surface area (TPSA) is 21.3 Å². The fourth-order valence-electron chi connectivity index (χ4n) is 2.83. The molecule has 0 aliphatic heterocycles. The summed E-state index contributed by atoms with van der Waals surface area (Å²) < 4.78 is 1.40. The van der Waals surface area contributed by atoms with Crippen molar-refractivity contribution in [2.45, 2.75) is 57.1 Å². The second-order valence-electron chi connectivity index (χ2n) is 5.02. The number of hydroxylamine groups is 1. The zero-order valence-corrected chi connectivity index (χ0v) is 12.9. The van der Waals surface area contributed by atoms with Gasteiger partial charge in [-0.25, -0.2) is 0 Å². The van der Waals surface area contributed by atoms with Gasteiger partial charge in [-0.05, 0) is 66.3 Å². The van der Waals surface area contributed by atoms with Gasteiger partial charge in [-0.2, -0.15) is 5.48 Å². The van der Waals surface area contributed by atoms with E-state index < -0.39 is 0 Å². The minimum absolute atomic E-state index is 0.430. The Balaban J connectivity index is 1.63. The first-order valence-electron chi connectivity index (χ1n) is 6.52. The normalized spacial score (nSPS) is 25.1. The molecule has 1 heterocycles. The summed E-state index contributed by atoms with van der Waals surface area (Å²) in [4.78, 5) is 7.42. The molecule has 0 bridgehead atoms. The summed E-state index contributed by atoms with van der Waals surface area (Å²) in [5.41, 5.74) is 4.83. The summed E-state index contributed by atoms with van der Waals surface area (Å²) in [6.45, 7) is 0. The molecule has 1 unspecified atom stereocenters. The van der Waals surface area contributed by atoms with Gasteiger partial charge in [0.1, 0.15) is 0 Å². The van der Waals surface area contributed by atoms with Gasteiger partial charge in [0.2, 0.25) is 0 Å². The lowest BCUT2D eigenvalue weighted by atomic mass is 9.95. The highest BCUT2D eigenvalue weighted by atomic mass is 127. The summed E-state index contributed by atoms with van der Waals surface area (Å²) in [5, 5.41) is 0. The number of aryl methyl sites for hydroxylation is 1. The Bertz CT molecular complexity index is 387. The maximum absolute atomic E-state index is 5.86. The highest BCUT2D eigenvalue weighted by Gasteiger charge is 2.24. The first-order valence-corrected chi connectivity index (χ1v) is 8.42. The minimum Gasteiger partial charge on any atom is -0.298 e. The molecule has 94 valence electrons. The number of thiophene rings is 1. The van der Waals surface area contributed by atoms with Crippen LogP contribution < -0.4 is 5.48 Å². The molecule has 0 aromatic carbocycles. The van der Waals surface area contributed by atoms with Gasteiger partial charge < -0.3 is 0 Å². The van der Waals surface area contributed by atoms with Crippen LogP contribution in [0.15, 0.2) is 6.07 Å². The molecule has 1 fully saturated rings. The van der Waals surface area contributed by atoms with Crippen molar-refractivity contribution in [1.82, 2.24) is 5.48 Å². The summed E-state index contributed by atoms with van der Waals surface area (Å²) in [7, 11) is 0. The van der Waals surface area contributed by atoms with Crippen LogP contribution in [-0.4, -0.2) is 6.10 Å². The van der Waals surface area contributed by atoms with E-state index >= 15 is 0 Å². The highest BCUT2D eigenvalue weighted by Crippen LogP contribution is 2.36. The quantitative estimate of drug-likeness (QED) is 0.642. The van der Waals surface area contributed by atoms with E-state index in [1.807, 2.05) is 11.3 Å². The lowest BCUT2D eigenvalue weighted by molar-refractivity contribution is -0.0435. The molecule has 1 aromatic heterocycles. The van der Waals surface area contributed by atoms with Crippen LogP contribution in [0.2, 0.25) is 0 Å². The average Bonchev–Trinajstić information content (AvgIpc) is 2.93. The third-order valence-electron chi connectivity index (χ3n) is 3.76. The molecule has 0 spiro atoms. The van der Waals surface area contributed by atoms with E-state index in [2.05, 4.69) is 34.1 Å². The Labute approximate surface area is 120 Å². The van der Waals surface area contributed by atoms with Gasteiger partial charge in [-0.3, -0.25) is 4.84 Å². The van der Waals surface area contributed by atoms with Crippen LogP contribution in [0.25, 0.3) is 0 Å². The fraction of sp³-hybridized carbons (Fsp3) is 0.692. The van der Waals surface area contributed by atoms with Crippen molar-refractivity contribution < 1.29 is 4.84 Å². The molecule has 3 rings (SSSR count). The first kappa shape index (κ1) is 12.4. The number of rotatable bonds is 3. The third-order valence-corrected chi connectivity index (χ3v) is 5.73. The van der Waals surface area contributed by atoms with Gasteiger partial charge >= 0.3 is 0 Å². The van der Waals surface area contributed by atoms with Crippen LogP contribution >= 0.6 is 33.9 Å². The Morgan fingerprint density at radius 2 is 2.06 bits per heavy atom. The van der Waals surface area contributed by atoms with Crippen LogP contribution in [0.5, 0.6) is 0 Å². The van der Waals surface area contributed by atoms with Gasteiger partial charge in [-0.15, -0.1) is 11.3 Å². The SMILES string of the molecule is Ic1cc2c(s1)CCCC2NOC1CCCC1. The molecule has 0 radical (unpaired) electrons. The Morgan fingerprint density at radius 3 is 2.88 bits per heavy atom. The summed E-state index contributed by atoms with van der Waals surface area (Å²) in [5.74, 6) is 0. The lowest BCUT2D eigenvalue weighted by Gasteiger charge is -2.24. The highest BCUT2D eigenvalue weighted by molar-refractivity contribution is 14.1. The Morgan fingerprint density at radius 1 is 1.24 bits per heavy atom. The lowest BCUT2D eigenvalue weighted by Crippen LogP contribution is -2.28.